The first-order valence-corrected chi connectivity index (χ1v) is 13.1. The number of aldehydes is 1. The van der Waals surface area contributed by atoms with E-state index in [1.165, 1.54) is 19.2 Å². The minimum atomic E-state index is -1.44. The van der Waals surface area contributed by atoms with Gasteiger partial charge in [0.25, 0.3) is 5.91 Å². The van der Waals surface area contributed by atoms with Crippen LogP contribution in [-0.4, -0.2) is 48.7 Å². The molecule has 0 radical (unpaired) electrons. The third-order valence-corrected chi connectivity index (χ3v) is 7.06. The number of halogens is 1. The van der Waals surface area contributed by atoms with Crippen LogP contribution in [0.5, 0.6) is 0 Å². The molecule has 3 aromatic carbocycles. The summed E-state index contributed by atoms with van der Waals surface area (Å²) in [7, 11) is 0.0884. The summed E-state index contributed by atoms with van der Waals surface area (Å²) in [5, 5.41) is 21.9. The molecule has 0 aliphatic heterocycles. The SMILES string of the molecule is CNC(=O)c1c(-c2ccc(F)cc2)oc2cc(N(CC(=O)C=O)c3cccc(CCB(O)O)c3)c(C3CC3)cc12. The number of hydrogen-bond donors (Lipinski definition) is 3. The van der Waals surface area contributed by atoms with Crippen molar-refractivity contribution in [1.82, 2.24) is 5.32 Å². The van der Waals surface area contributed by atoms with Gasteiger partial charge in [-0.1, -0.05) is 12.1 Å². The molecule has 1 heterocycles. The summed E-state index contributed by atoms with van der Waals surface area (Å²) in [6, 6.07) is 16.7. The van der Waals surface area contributed by atoms with Crippen molar-refractivity contribution >= 4 is 47.4 Å². The second-order valence-electron chi connectivity index (χ2n) is 9.93. The Morgan fingerprint density at radius 1 is 1.12 bits per heavy atom. The maximum atomic E-state index is 13.6. The predicted octanol–water partition coefficient (Wildman–Crippen LogP) is 4.40. The van der Waals surface area contributed by atoms with E-state index in [9.17, 15) is 28.8 Å². The van der Waals surface area contributed by atoms with Crippen LogP contribution in [0.2, 0.25) is 6.32 Å². The lowest BCUT2D eigenvalue weighted by Crippen LogP contribution is -2.27. The van der Waals surface area contributed by atoms with Gasteiger partial charge in [-0.25, -0.2) is 4.39 Å². The summed E-state index contributed by atoms with van der Waals surface area (Å²) in [5.41, 5.74) is 4.35. The number of anilines is 2. The molecule has 1 fully saturated rings. The Balaban J connectivity index is 1.69. The Morgan fingerprint density at radius 2 is 1.88 bits per heavy atom. The van der Waals surface area contributed by atoms with Gasteiger partial charge >= 0.3 is 7.12 Å². The van der Waals surface area contributed by atoms with Crippen LogP contribution in [0, 0.1) is 5.82 Å². The van der Waals surface area contributed by atoms with Crippen molar-refractivity contribution in [3.05, 3.63) is 83.2 Å². The minimum absolute atomic E-state index is 0.150. The Labute approximate surface area is 230 Å². The Bertz CT molecular complexity index is 1580. The largest absolute Gasteiger partial charge is 0.455 e. The highest BCUT2D eigenvalue weighted by Gasteiger charge is 2.32. The van der Waals surface area contributed by atoms with Gasteiger partial charge in [-0.3, -0.25) is 14.4 Å². The highest BCUT2D eigenvalue weighted by Crippen LogP contribution is 2.48. The first-order chi connectivity index (χ1) is 19.3. The standard InChI is InChI=1S/C30H28BFN2O6/c1-33-30(37)28-25-14-24(19-5-6-19)26(15-27(25)40-29(28)20-7-9-21(32)10-8-20)34(16-23(36)17-35)22-4-2-3-18(13-22)11-12-31(38)39/h2-4,7-10,13-15,17,19,38-39H,5-6,11-12,16H2,1H3,(H,33,37). The number of ketones is 1. The number of hydrogen-bond acceptors (Lipinski definition) is 7. The number of fused-ring (bicyclic) bond motifs is 1. The van der Waals surface area contributed by atoms with Crippen molar-refractivity contribution in [2.45, 2.75) is 31.5 Å². The molecule has 40 heavy (non-hydrogen) atoms. The molecule has 204 valence electrons. The quantitative estimate of drug-likeness (QED) is 0.146. The molecule has 1 aliphatic carbocycles. The second-order valence-corrected chi connectivity index (χ2v) is 9.93. The van der Waals surface area contributed by atoms with E-state index >= 15 is 0 Å². The summed E-state index contributed by atoms with van der Waals surface area (Å²) >= 11 is 0. The second kappa shape index (κ2) is 11.5. The number of carbonyl (C=O) groups excluding carboxylic acids is 3. The normalized spacial score (nSPS) is 12.8. The first-order valence-electron chi connectivity index (χ1n) is 13.1. The Morgan fingerprint density at radius 3 is 2.52 bits per heavy atom. The molecule has 0 bridgehead atoms. The molecule has 0 unspecified atom stereocenters. The molecule has 1 saturated carbocycles. The van der Waals surface area contributed by atoms with Gasteiger partial charge in [0.05, 0.1) is 12.1 Å². The van der Waals surface area contributed by atoms with E-state index in [2.05, 4.69) is 5.32 Å². The fourth-order valence-electron chi connectivity index (χ4n) is 4.94. The molecule has 0 atom stereocenters. The van der Waals surface area contributed by atoms with Crippen LogP contribution >= 0.6 is 0 Å². The average molecular weight is 542 g/mol. The van der Waals surface area contributed by atoms with E-state index in [1.54, 1.807) is 23.1 Å². The predicted molar refractivity (Wildman–Crippen MR) is 150 cm³/mol. The van der Waals surface area contributed by atoms with E-state index in [4.69, 9.17) is 4.42 Å². The lowest BCUT2D eigenvalue weighted by atomic mass is 9.83. The lowest BCUT2D eigenvalue weighted by Gasteiger charge is -2.27. The van der Waals surface area contributed by atoms with E-state index in [1.807, 2.05) is 30.3 Å². The first kappa shape index (κ1) is 27.3. The molecular weight excluding hydrogens is 514 g/mol. The molecule has 3 N–H and O–H groups in total. The van der Waals surface area contributed by atoms with E-state index in [0.717, 1.165) is 24.0 Å². The number of furan rings is 1. The van der Waals surface area contributed by atoms with E-state index in [0.29, 0.717) is 45.7 Å². The van der Waals surface area contributed by atoms with Crippen molar-refractivity contribution in [3.63, 3.8) is 0 Å². The maximum Gasteiger partial charge on any atom is 0.451 e. The van der Waals surface area contributed by atoms with Crippen molar-refractivity contribution in [3.8, 4) is 11.3 Å². The Kier molecular flexibility index (Phi) is 7.82. The minimum Gasteiger partial charge on any atom is -0.455 e. The lowest BCUT2D eigenvalue weighted by molar-refractivity contribution is -0.128. The molecule has 8 nitrogen and oxygen atoms in total. The van der Waals surface area contributed by atoms with Gasteiger partial charge in [-0.15, -0.1) is 0 Å². The van der Waals surface area contributed by atoms with E-state index in [-0.39, 0.29) is 31.0 Å². The van der Waals surface area contributed by atoms with Crippen LogP contribution in [0.1, 0.15) is 40.2 Å². The van der Waals surface area contributed by atoms with Crippen molar-refractivity contribution < 1.29 is 33.2 Å². The number of nitrogens with zero attached hydrogens (tertiary/aromatic N) is 1. The van der Waals surface area contributed by atoms with Gasteiger partial charge in [0.15, 0.2) is 6.29 Å². The highest BCUT2D eigenvalue weighted by molar-refractivity contribution is 6.41. The Hall–Kier alpha value is -4.28. The topological polar surface area (TPSA) is 120 Å². The van der Waals surface area contributed by atoms with Gasteiger partial charge < -0.3 is 24.7 Å². The highest BCUT2D eigenvalue weighted by atomic mass is 19.1. The van der Waals surface area contributed by atoms with E-state index < -0.39 is 18.7 Å². The van der Waals surface area contributed by atoms with Gasteiger partial charge in [0.2, 0.25) is 5.78 Å². The average Bonchev–Trinajstić information content (AvgIpc) is 3.74. The summed E-state index contributed by atoms with van der Waals surface area (Å²) in [5.74, 6) is -0.878. The molecular formula is C30H28BFN2O6. The van der Waals surface area contributed by atoms with Gasteiger partial charge in [-0.2, -0.15) is 0 Å². The van der Waals surface area contributed by atoms with Crippen LogP contribution < -0.4 is 10.2 Å². The molecule has 5 rings (SSSR count). The smallest absolute Gasteiger partial charge is 0.451 e. The molecule has 4 aromatic rings. The zero-order valence-electron chi connectivity index (χ0n) is 21.9. The number of amides is 1. The third kappa shape index (κ3) is 5.68. The van der Waals surface area contributed by atoms with Crippen LogP contribution in [0.15, 0.2) is 65.1 Å². The summed E-state index contributed by atoms with van der Waals surface area (Å²) in [6.45, 7) is -0.214. The van der Waals surface area contributed by atoms with Crippen LogP contribution in [-0.2, 0) is 16.0 Å². The summed E-state index contributed by atoms with van der Waals surface area (Å²) in [4.78, 5) is 38.6. The number of nitrogens with one attached hydrogen (secondary N) is 1. The number of Topliss-reactive ketones (excluding diaryl/α,β-unsaturated/α-hetero) is 1. The van der Waals surface area contributed by atoms with Crippen molar-refractivity contribution in [1.29, 1.82) is 0 Å². The van der Waals surface area contributed by atoms with Gasteiger partial charge in [0.1, 0.15) is 17.2 Å². The number of carbonyl (C=O) groups is 3. The molecule has 0 saturated heterocycles. The maximum absolute atomic E-state index is 13.6. The number of benzene rings is 3. The third-order valence-electron chi connectivity index (χ3n) is 7.06. The monoisotopic (exact) mass is 542 g/mol. The van der Waals surface area contributed by atoms with Crippen molar-refractivity contribution in [2.24, 2.45) is 0 Å². The zero-order chi connectivity index (χ0) is 28.4. The molecule has 1 amide bonds. The van der Waals surface area contributed by atoms with Gasteiger partial charge in [0, 0.05) is 35.4 Å². The van der Waals surface area contributed by atoms with Crippen LogP contribution in [0.3, 0.4) is 0 Å². The number of aryl methyl sites for hydroxylation is 1. The zero-order valence-corrected chi connectivity index (χ0v) is 21.9. The van der Waals surface area contributed by atoms with Crippen LogP contribution in [0.4, 0.5) is 15.8 Å². The fourth-order valence-corrected chi connectivity index (χ4v) is 4.94. The van der Waals surface area contributed by atoms with Crippen LogP contribution in [0.25, 0.3) is 22.3 Å². The number of rotatable bonds is 11. The molecule has 0 spiro atoms. The van der Waals surface area contributed by atoms with Gasteiger partial charge in [-0.05, 0) is 85.1 Å². The molecule has 1 aliphatic rings. The summed E-state index contributed by atoms with van der Waals surface area (Å²) < 4.78 is 19.9. The fraction of sp³-hybridized carbons (Fsp3) is 0.233. The molecule has 1 aromatic heterocycles. The van der Waals surface area contributed by atoms with Crippen molar-refractivity contribution in [2.75, 3.05) is 18.5 Å². The summed E-state index contributed by atoms with van der Waals surface area (Å²) in [6.07, 6.45) is 2.71. The molecule has 10 heteroatoms.